The first-order valence-electron chi connectivity index (χ1n) is 10.7. The van der Waals surface area contributed by atoms with Gasteiger partial charge < -0.3 is 27.5 Å². The highest BCUT2D eigenvalue weighted by Gasteiger charge is 2.51. The second kappa shape index (κ2) is 10.8. The first kappa shape index (κ1) is 25.7. The second-order valence-electron chi connectivity index (χ2n) is 7.90. The quantitative estimate of drug-likeness (QED) is 0.375. The van der Waals surface area contributed by atoms with Crippen LogP contribution in [0.1, 0.15) is 59.9 Å². The highest BCUT2D eigenvalue weighted by Crippen LogP contribution is 2.38. The summed E-state index contributed by atoms with van der Waals surface area (Å²) in [5, 5.41) is 0. The number of benzene rings is 1. The van der Waals surface area contributed by atoms with E-state index in [1.54, 1.807) is 6.07 Å². The zero-order valence-electron chi connectivity index (χ0n) is 19.5. The fraction of sp³-hybridized carbons (Fsp3) is 0.591. The fourth-order valence-electron chi connectivity index (χ4n) is 3.29. The van der Waals surface area contributed by atoms with E-state index in [0.717, 1.165) is 38.5 Å². The second-order valence-corrected chi connectivity index (χ2v) is 10.4. The predicted octanol–water partition coefficient (Wildman–Crippen LogP) is 3.76. The molecule has 0 bridgehead atoms. The van der Waals surface area contributed by atoms with Crippen LogP contribution in [-0.4, -0.2) is 39.1 Å². The molecule has 0 saturated heterocycles. The molecule has 2 atom stereocenters. The molecule has 0 aromatic heterocycles. The molecule has 32 heavy (non-hydrogen) atoms. The third-order valence-electron chi connectivity index (χ3n) is 5.16. The number of hydrogen-bond acceptors (Lipinski definition) is 9. The van der Waals surface area contributed by atoms with Gasteiger partial charge in [0.25, 0.3) is 17.9 Å². The maximum absolute atomic E-state index is 11.5. The Hall–Kier alpha value is -2.59. The van der Waals surface area contributed by atoms with Crippen molar-refractivity contribution in [3.63, 3.8) is 0 Å². The summed E-state index contributed by atoms with van der Waals surface area (Å²) in [6.45, 7) is 10.3. The summed E-state index contributed by atoms with van der Waals surface area (Å²) in [6.07, 6.45) is 1.27. The minimum Gasteiger partial charge on any atom is -0.494 e. The van der Waals surface area contributed by atoms with Gasteiger partial charge in [0.15, 0.2) is 0 Å². The lowest BCUT2D eigenvalue weighted by molar-refractivity contribution is -0.223. The molecule has 0 saturated carbocycles. The van der Waals surface area contributed by atoms with Crippen LogP contribution in [0.25, 0.3) is 0 Å². The number of fused-ring (bicyclic) bond motifs is 1. The summed E-state index contributed by atoms with van der Waals surface area (Å²) < 4.78 is 33.3. The highest BCUT2D eigenvalue weighted by atomic mass is 28.4. The molecule has 0 N–H and O–H groups in total. The van der Waals surface area contributed by atoms with Crippen molar-refractivity contribution >= 4 is 26.7 Å². The fourth-order valence-corrected chi connectivity index (χ4v) is 5.61. The van der Waals surface area contributed by atoms with Crippen molar-refractivity contribution in [2.75, 3.05) is 6.61 Å². The van der Waals surface area contributed by atoms with Crippen molar-refractivity contribution < 1.29 is 41.9 Å². The standard InChI is InChI=1S/C22H32O9Si/c1-7-15(2)22(6)27-14-19-13-20(9-10-21(19)28-22)26-11-8-12-32(29-16(3)23,30-17(4)24)31-18(5)25/h9-10,13,15H,7-8,11-12,14H2,1-6H3. The lowest BCUT2D eigenvalue weighted by Crippen LogP contribution is -2.49. The van der Waals surface area contributed by atoms with E-state index in [-0.39, 0.29) is 18.6 Å². The average molecular weight is 469 g/mol. The monoisotopic (exact) mass is 468 g/mol. The van der Waals surface area contributed by atoms with Gasteiger partial charge in [-0.25, -0.2) is 0 Å². The van der Waals surface area contributed by atoms with Gasteiger partial charge in [-0.3, -0.25) is 14.4 Å². The first-order valence-corrected chi connectivity index (χ1v) is 12.6. The van der Waals surface area contributed by atoms with Crippen LogP contribution in [0.5, 0.6) is 11.5 Å². The van der Waals surface area contributed by atoms with E-state index in [1.165, 1.54) is 0 Å². The number of carbonyl (C=O) groups excluding carboxylic acids is 3. The van der Waals surface area contributed by atoms with Gasteiger partial charge in [-0.15, -0.1) is 0 Å². The highest BCUT2D eigenvalue weighted by molar-refractivity contribution is 6.65. The smallest absolute Gasteiger partial charge is 0.494 e. The largest absolute Gasteiger partial charge is 0.705 e. The Morgan fingerprint density at radius 1 is 1.09 bits per heavy atom. The number of carbonyl (C=O) groups is 3. The van der Waals surface area contributed by atoms with E-state index >= 15 is 0 Å². The predicted molar refractivity (Wildman–Crippen MR) is 116 cm³/mol. The van der Waals surface area contributed by atoms with Crippen molar-refractivity contribution in [3.05, 3.63) is 23.8 Å². The zero-order chi connectivity index (χ0) is 23.9. The van der Waals surface area contributed by atoms with Gasteiger partial charge in [-0.1, -0.05) is 13.8 Å². The van der Waals surface area contributed by atoms with Crippen molar-refractivity contribution in [1.29, 1.82) is 0 Å². The number of rotatable bonds is 10. The van der Waals surface area contributed by atoms with Crippen LogP contribution in [0.3, 0.4) is 0 Å². The van der Waals surface area contributed by atoms with Crippen LogP contribution in [0.2, 0.25) is 6.04 Å². The van der Waals surface area contributed by atoms with Gasteiger partial charge in [-0.05, 0) is 31.0 Å². The maximum atomic E-state index is 11.5. The number of ether oxygens (including phenoxy) is 3. The lowest BCUT2D eigenvalue weighted by atomic mass is 9.98. The SMILES string of the molecule is CCC(C)C1(C)OCc2cc(OCCC[Si](OC(C)=O)(OC(C)=O)OC(C)=O)ccc2O1. The van der Waals surface area contributed by atoms with Crippen molar-refractivity contribution in [2.45, 2.75) is 72.8 Å². The summed E-state index contributed by atoms with van der Waals surface area (Å²) in [4.78, 5) is 34.5. The van der Waals surface area contributed by atoms with E-state index < -0.39 is 32.5 Å². The Labute approximate surface area is 189 Å². The molecular weight excluding hydrogens is 436 g/mol. The molecule has 0 amide bonds. The van der Waals surface area contributed by atoms with E-state index in [9.17, 15) is 14.4 Å². The van der Waals surface area contributed by atoms with Gasteiger partial charge in [-0.2, -0.15) is 0 Å². The van der Waals surface area contributed by atoms with E-state index in [4.69, 9.17) is 27.5 Å². The summed E-state index contributed by atoms with van der Waals surface area (Å²) in [5.74, 6) is -1.14. The molecule has 9 nitrogen and oxygen atoms in total. The van der Waals surface area contributed by atoms with Gasteiger partial charge in [0.05, 0.1) is 19.3 Å². The van der Waals surface area contributed by atoms with Gasteiger partial charge in [0.2, 0.25) is 5.79 Å². The van der Waals surface area contributed by atoms with E-state index in [1.807, 2.05) is 19.1 Å². The molecule has 2 unspecified atom stereocenters. The molecule has 0 radical (unpaired) electrons. The molecule has 1 aromatic rings. The van der Waals surface area contributed by atoms with Crippen molar-refractivity contribution in [3.8, 4) is 11.5 Å². The summed E-state index contributed by atoms with van der Waals surface area (Å²) in [5.41, 5.74) is 0.881. The number of hydrogen-bond donors (Lipinski definition) is 0. The van der Waals surface area contributed by atoms with Crippen LogP contribution in [-0.2, 0) is 39.0 Å². The molecule has 10 heteroatoms. The molecule has 1 aliphatic rings. The lowest BCUT2D eigenvalue weighted by Gasteiger charge is -2.39. The summed E-state index contributed by atoms with van der Waals surface area (Å²) in [6, 6.07) is 5.55. The average Bonchev–Trinajstić information content (AvgIpc) is 2.69. The molecular formula is C22H32O9Si. The van der Waals surface area contributed by atoms with Crippen molar-refractivity contribution in [1.82, 2.24) is 0 Å². The Morgan fingerprint density at radius 2 is 1.69 bits per heavy atom. The van der Waals surface area contributed by atoms with Crippen LogP contribution in [0.15, 0.2) is 18.2 Å². The van der Waals surface area contributed by atoms with Crippen LogP contribution in [0, 0.1) is 5.92 Å². The Morgan fingerprint density at radius 3 is 2.22 bits per heavy atom. The topological polar surface area (TPSA) is 107 Å². The van der Waals surface area contributed by atoms with Gasteiger partial charge >= 0.3 is 8.80 Å². The summed E-state index contributed by atoms with van der Waals surface area (Å²) in [7, 11) is -3.85. The van der Waals surface area contributed by atoms with Crippen LogP contribution < -0.4 is 9.47 Å². The molecule has 1 aromatic carbocycles. The van der Waals surface area contributed by atoms with Gasteiger partial charge in [0, 0.05) is 39.2 Å². The third-order valence-corrected chi connectivity index (χ3v) is 7.92. The molecule has 0 aliphatic carbocycles. The molecule has 0 fully saturated rings. The Kier molecular flexibility index (Phi) is 8.68. The minimum atomic E-state index is -3.85. The molecule has 1 aliphatic heterocycles. The minimum absolute atomic E-state index is 0.0517. The van der Waals surface area contributed by atoms with E-state index in [2.05, 4.69) is 13.8 Å². The van der Waals surface area contributed by atoms with E-state index in [0.29, 0.717) is 18.8 Å². The summed E-state index contributed by atoms with van der Waals surface area (Å²) >= 11 is 0. The first-order chi connectivity index (χ1) is 15.0. The zero-order valence-corrected chi connectivity index (χ0v) is 20.5. The maximum Gasteiger partial charge on any atom is 0.705 e. The Balaban J connectivity index is 1.99. The molecule has 1 heterocycles. The normalized spacial score (nSPS) is 18.6. The molecule has 2 rings (SSSR count). The molecule has 0 spiro atoms. The van der Waals surface area contributed by atoms with Crippen LogP contribution >= 0.6 is 0 Å². The third kappa shape index (κ3) is 6.96. The van der Waals surface area contributed by atoms with Crippen LogP contribution in [0.4, 0.5) is 0 Å². The van der Waals surface area contributed by atoms with Gasteiger partial charge in [0.1, 0.15) is 11.5 Å². The Bertz CT molecular complexity index is 800. The van der Waals surface area contributed by atoms with Crippen molar-refractivity contribution in [2.24, 2.45) is 5.92 Å². The molecule has 178 valence electrons.